The highest BCUT2D eigenvalue weighted by Crippen LogP contribution is 2.31. The maximum Gasteiger partial charge on any atom is 0.221 e. The highest BCUT2D eigenvalue weighted by atomic mass is 32.2. The van der Waals surface area contributed by atoms with Crippen molar-refractivity contribution >= 4 is 15.7 Å². The molecule has 0 saturated heterocycles. The van der Waals surface area contributed by atoms with Gasteiger partial charge in [0.1, 0.15) is 10.6 Å². The topological polar surface area (TPSA) is 98.5 Å². The van der Waals surface area contributed by atoms with Crippen molar-refractivity contribution in [1.29, 1.82) is 0 Å². The number of ether oxygens (including phenoxy) is 1. The van der Waals surface area contributed by atoms with Crippen LogP contribution in [0.3, 0.4) is 0 Å². The van der Waals surface area contributed by atoms with Crippen LogP contribution in [0.2, 0.25) is 0 Å². The standard InChI is InChI=1S/C17H22N2O5S/c1-11(2)18-17(20)7-8-25(21,22)16-10-13(5-6-14(16)23-4)15-9-12(3)19-24-15/h5-6,9-11H,7-8H2,1-4H3,(H,18,20). The number of hydrogen-bond donors (Lipinski definition) is 1. The number of rotatable bonds is 7. The molecule has 0 bridgehead atoms. The van der Waals surface area contributed by atoms with E-state index in [9.17, 15) is 13.2 Å². The van der Waals surface area contributed by atoms with Gasteiger partial charge in [-0.3, -0.25) is 4.79 Å². The maximum absolute atomic E-state index is 12.7. The van der Waals surface area contributed by atoms with Crippen LogP contribution < -0.4 is 10.1 Å². The van der Waals surface area contributed by atoms with E-state index < -0.39 is 9.84 Å². The van der Waals surface area contributed by atoms with Crippen molar-refractivity contribution in [2.75, 3.05) is 12.9 Å². The van der Waals surface area contributed by atoms with Gasteiger partial charge in [0.25, 0.3) is 0 Å². The van der Waals surface area contributed by atoms with Crippen molar-refractivity contribution in [3.8, 4) is 17.1 Å². The first-order chi connectivity index (χ1) is 11.7. The molecule has 0 radical (unpaired) electrons. The zero-order chi connectivity index (χ0) is 18.6. The van der Waals surface area contributed by atoms with Crippen molar-refractivity contribution in [2.45, 2.75) is 38.1 Å². The van der Waals surface area contributed by atoms with Crippen molar-refractivity contribution in [1.82, 2.24) is 10.5 Å². The minimum atomic E-state index is -3.71. The van der Waals surface area contributed by atoms with E-state index in [4.69, 9.17) is 9.26 Å². The SMILES string of the molecule is COc1ccc(-c2cc(C)no2)cc1S(=O)(=O)CCC(=O)NC(C)C. The van der Waals surface area contributed by atoms with Crippen LogP contribution in [0.4, 0.5) is 0 Å². The molecule has 2 aromatic rings. The molecule has 0 saturated carbocycles. The summed E-state index contributed by atoms with van der Waals surface area (Å²) in [5.74, 6) is 0.0822. The molecule has 1 amide bonds. The Hall–Kier alpha value is -2.35. The Labute approximate surface area is 147 Å². The Morgan fingerprint density at radius 2 is 2.04 bits per heavy atom. The van der Waals surface area contributed by atoms with E-state index in [0.29, 0.717) is 17.0 Å². The van der Waals surface area contributed by atoms with E-state index >= 15 is 0 Å². The van der Waals surface area contributed by atoms with E-state index in [-0.39, 0.29) is 34.8 Å². The van der Waals surface area contributed by atoms with Crippen LogP contribution in [0.1, 0.15) is 26.0 Å². The summed E-state index contributed by atoms with van der Waals surface area (Å²) in [4.78, 5) is 11.8. The number of methoxy groups -OCH3 is 1. The third-order valence-electron chi connectivity index (χ3n) is 3.46. The molecule has 0 aliphatic heterocycles. The summed E-state index contributed by atoms with van der Waals surface area (Å²) in [6.45, 7) is 5.41. The summed E-state index contributed by atoms with van der Waals surface area (Å²) in [5, 5.41) is 6.48. The van der Waals surface area contributed by atoms with Gasteiger partial charge in [0.05, 0.1) is 18.6 Å². The summed E-state index contributed by atoms with van der Waals surface area (Å²) in [6.07, 6.45) is -0.116. The zero-order valence-corrected chi connectivity index (χ0v) is 15.5. The Morgan fingerprint density at radius 3 is 2.60 bits per heavy atom. The van der Waals surface area contributed by atoms with Gasteiger partial charge in [-0.1, -0.05) is 5.16 Å². The number of hydrogen-bond acceptors (Lipinski definition) is 6. The monoisotopic (exact) mass is 366 g/mol. The van der Waals surface area contributed by atoms with Gasteiger partial charge in [-0.2, -0.15) is 0 Å². The van der Waals surface area contributed by atoms with Crippen molar-refractivity contribution in [3.05, 3.63) is 30.0 Å². The first kappa shape index (κ1) is 19.0. The molecular weight excluding hydrogens is 344 g/mol. The predicted molar refractivity (Wildman–Crippen MR) is 93.2 cm³/mol. The number of amides is 1. The summed E-state index contributed by atoms with van der Waals surface area (Å²) >= 11 is 0. The third-order valence-corrected chi connectivity index (χ3v) is 5.19. The second-order valence-electron chi connectivity index (χ2n) is 5.99. The van der Waals surface area contributed by atoms with Gasteiger partial charge in [0, 0.05) is 24.1 Å². The fourth-order valence-corrected chi connectivity index (χ4v) is 3.74. The highest BCUT2D eigenvalue weighted by molar-refractivity contribution is 7.91. The second kappa shape index (κ2) is 7.69. The Bertz CT molecular complexity index is 856. The molecule has 136 valence electrons. The fraction of sp³-hybridized carbons (Fsp3) is 0.412. The van der Waals surface area contributed by atoms with Crippen LogP contribution in [0.5, 0.6) is 5.75 Å². The minimum Gasteiger partial charge on any atom is -0.495 e. The largest absolute Gasteiger partial charge is 0.495 e. The summed E-state index contributed by atoms with van der Waals surface area (Å²) in [5.41, 5.74) is 1.27. The van der Waals surface area contributed by atoms with Crippen LogP contribution >= 0.6 is 0 Å². The molecule has 8 heteroatoms. The average Bonchev–Trinajstić information content (AvgIpc) is 2.98. The Morgan fingerprint density at radius 1 is 1.32 bits per heavy atom. The van der Waals surface area contributed by atoms with Crippen molar-refractivity contribution in [3.63, 3.8) is 0 Å². The number of carbonyl (C=O) groups excluding carboxylic acids is 1. The number of sulfone groups is 1. The van der Waals surface area contributed by atoms with Gasteiger partial charge in [-0.25, -0.2) is 8.42 Å². The van der Waals surface area contributed by atoms with E-state index in [1.54, 1.807) is 25.1 Å². The molecule has 0 spiro atoms. The van der Waals surface area contributed by atoms with E-state index in [0.717, 1.165) is 0 Å². The van der Waals surface area contributed by atoms with E-state index in [1.165, 1.54) is 13.2 Å². The van der Waals surface area contributed by atoms with E-state index in [1.807, 2.05) is 13.8 Å². The van der Waals surface area contributed by atoms with Crippen LogP contribution in [0.25, 0.3) is 11.3 Å². The summed E-state index contributed by atoms with van der Waals surface area (Å²) in [7, 11) is -2.30. The number of aromatic nitrogens is 1. The highest BCUT2D eigenvalue weighted by Gasteiger charge is 2.22. The molecule has 1 aromatic carbocycles. The number of aryl methyl sites for hydroxylation is 1. The van der Waals surface area contributed by atoms with Crippen LogP contribution in [0, 0.1) is 6.92 Å². The third kappa shape index (κ3) is 4.82. The summed E-state index contributed by atoms with van der Waals surface area (Å²) < 4.78 is 35.7. The predicted octanol–water partition coefficient (Wildman–Crippen LogP) is 2.35. The molecule has 7 nitrogen and oxygen atoms in total. The van der Waals surface area contributed by atoms with Crippen LogP contribution in [0.15, 0.2) is 33.7 Å². The first-order valence-electron chi connectivity index (χ1n) is 7.87. The van der Waals surface area contributed by atoms with Gasteiger partial charge in [0.15, 0.2) is 15.6 Å². The van der Waals surface area contributed by atoms with E-state index in [2.05, 4.69) is 10.5 Å². The molecule has 0 atom stereocenters. The van der Waals surface area contributed by atoms with Crippen LogP contribution in [-0.4, -0.2) is 38.4 Å². The molecular formula is C17H22N2O5S. The Balaban J connectivity index is 2.30. The van der Waals surface area contributed by atoms with Gasteiger partial charge in [0.2, 0.25) is 5.91 Å². The molecule has 0 unspecified atom stereocenters. The molecule has 1 N–H and O–H groups in total. The molecule has 0 aliphatic rings. The summed E-state index contributed by atoms with van der Waals surface area (Å²) in [6, 6.07) is 6.42. The lowest BCUT2D eigenvalue weighted by Gasteiger charge is -2.12. The number of benzene rings is 1. The molecule has 2 rings (SSSR count). The minimum absolute atomic E-state index is 0.0268. The second-order valence-corrected chi connectivity index (χ2v) is 8.07. The maximum atomic E-state index is 12.7. The van der Waals surface area contributed by atoms with Crippen molar-refractivity contribution < 1.29 is 22.5 Å². The number of nitrogens with one attached hydrogen (secondary N) is 1. The Kier molecular flexibility index (Phi) is 5.84. The van der Waals surface area contributed by atoms with Crippen molar-refractivity contribution in [2.24, 2.45) is 0 Å². The number of nitrogens with zero attached hydrogens (tertiary/aromatic N) is 1. The molecule has 1 aromatic heterocycles. The van der Waals surface area contributed by atoms with Gasteiger partial charge >= 0.3 is 0 Å². The molecule has 25 heavy (non-hydrogen) atoms. The lowest BCUT2D eigenvalue weighted by atomic mass is 10.1. The fourth-order valence-electron chi connectivity index (χ4n) is 2.30. The molecule has 0 fully saturated rings. The number of carbonyl (C=O) groups is 1. The van der Waals surface area contributed by atoms with Gasteiger partial charge in [-0.15, -0.1) is 0 Å². The zero-order valence-electron chi connectivity index (χ0n) is 14.7. The quantitative estimate of drug-likeness (QED) is 0.808. The smallest absolute Gasteiger partial charge is 0.221 e. The normalized spacial score (nSPS) is 11.6. The lowest BCUT2D eigenvalue weighted by molar-refractivity contribution is -0.121. The average molecular weight is 366 g/mol. The lowest BCUT2D eigenvalue weighted by Crippen LogP contribution is -2.31. The van der Waals surface area contributed by atoms with Gasteiger partial charge < -0.3 is 14.6 Å². The first-order valence-corrected chi connectivity index (χ1v) is 9.52. The van der Waals surface area contributed by atoms with Gasteiger partial charge in [-0.05, 0) is 39.0 Å². The van der Waals surface area contributed by atoms with Crippen LogP contribution in [-0.2, 0) is 14.6 Å². The molecule has 1 heterocycles. The molecule has 0 aliphatic carbocycles.